The summed E-state index contributed by atoms with van der Waals surface area (Å²) in [5.41, 5.74) is 1.14. The maximum atomic E-state index is 11.5. The minimum atomic E-state index is 0.0598. The monoisotopic (exact) mass is 264 g/mol. The van der Waals surface area contributed by atoms with Crippen LogP contribution >= 0.6 is 0 Å². The van der Waals surface area contributed by atoms with E-state index in [-0.39, 0.29) is 5.91 Å². The quantitative estimate of drug-likeness (QED) is 0.672. The van der Waals surface area contributed by atoms with Crippen molar-refractivity contribution in [3.8, 4) is 5.75 Å². The van der Waals surface area contributed by atoms with Crippen LogP contribution in [0.15, 0.2) is 24.3 Å². The molecule has 0 unspecified atom stereocenters. The molecule has 0 aliphatic rings. The summed E-state index contributed by atoms with van der Waals surface area (Å²) in [7, 11) is 1.65. The van der Waals surface area contributed by atoms with E-state index in [1.165, 1.54) is 12.8 Å². The Labute approximate surface area is 115 Å². The molecule has 0 saturated heterocycles. The van der Waals surface area contributed by atoms with E-state index >= 15 is 0 Å². The summed E-state index contributed by atoms with van der Waals surface area (Å²) >= 11 is 0. The molecule has 0 aliphatic heterocycles. The molecular formula is C15H24N2O2. The molecule has 0 spiro atoms. The van der Waals surface area contributed by atoms with Gasteiger partial charge >= 0.3 is 0 Å². The summed E-state index contributed by atoms with van der Waals surface area (Å²) in [5.74, 6) is 0.905. The highest BCUT2D eigenvalue weighted by Crippen LogP contribution is 2.10. The Kier molecular flexibility index (Phi) is 7.66. The van der Waals surface area contributed by atoms with Crippen LogP contribution in [0.4, 0.5) is 0 Å². The van der Waals surface area contributed by atoms with Crippen LogP contribution in [0.1, 0.15) is 31.7 Å². The van der Waals surface area contributed by atoms with E-state index in [2.05, 4.69) is 17.6 Å². The van der Waals surface area contributed by atoms with E-state index in [0.29, 0.717) is 13.1 Å². The van der Waals surface area contributed by atoms with Crippen molar-refractivity contribution in [3.05, 3.63) is 29.8 Å². The molecule has 0 aliphatic carbocycles. The average Bonchev–Trinajstić information content (AvgIpc) is 2.44. The number of rotatable bonds is 9. The van der Waals surface area contributed by atoms with Crippen molar-refractivity contribution in [1.29, 1.82) is 0 Å². The van der Waals surface area contributed by atoms with Gasteiger partial charge in [-0.05, 0) is 24.1 Å². The number of amides is 1. The number of methoxy groups -OCH3 is 1. The van der Waals surface area contributed by atoms with Gasteiger partial charge in [0.25, 0.3) is 0 Å². The van der Waals surface area contributed by atoms with Gasteiger partial charge in [0, 0.05) is 13.1 Å². The number of hydrogen-bond acceptors (Lipinski definition) is 3. The van der Waals surface area contributed by atoms with Gasteiger partial charge < -0.3 is 15.4 Å². The van der Waals surface area contributed by atoms with Crippen molar-refractivity contribution in [2.75, 3.05) is 20.2 Å². The van der Waals surface area contributed by atoms with Gasteiger partial charge in [0.05, 0.1) is 13.7 Å². The SMILES string of the molecule is CCCCCNC(=O)CNCc1ccc(OC)cc1. The molecule has 2 N–H and O–H groups in total. The summed E-state index contributed by atoms with van der Waals surface area (Å²) in [6.45, 7) is 3.97. The number of carbonyl (C=O) groups is 1. The molecule has 106 valence electrons. The third kappa shape index (κ3) is 6.82. The Morgan fingerprint density at radius 3 is 2.58 bits per heavy atom. The fourth-order valence-corrected chi connectivity index (χ4v) is 1.73. The molecule has 0 aromatic heterocycles. The second kappa shape index (κ2) is 9.39. The Bertz CT molecular complexity index is 363. The Balaban J connectivity index is 2.13. The van der Waals surface area contributed by atoms with Gasteiger partial charge in [0.1, 0.15) is 5.75 Å². The maximum absolute atomic E-state index is 11.5. The van der Waals surface area contributed by atoms with E-state index in [4.69, 9.17) is 4.74 Å². The molecule has 0 radical (unpaired) electrons. The van der Waals surface area contributed by atoms with E-state index in [0.717, 1.165) is 24.3 Å². The molecule has 1 amide bonds. The molecule has 0 fully saturated rings. The normalized spacial score (nSPS) is 10.2. The molecule has 0 saturated carbocycles. The molecule has 4 nitrogen and oxygen atoms in total. The van der Waals surface area contributed by atoms with E-state index < -0.39 is 0 Å². The first-order chi connectivity index (χ1) is 9.26. The van der Waals surface area contributed by atoms with Gasteiger partial charge in [0.2, 0.25) is 5.91 Å². The standard InChI is InChI=1S/C15H24N2O2/c1-3-4-5-10-17-15(18)12-16-11-13-6-8-14(19-2)9-7-13/h6-9,16H,3-5,10-12H2,1-2H3,(H,17,18). The molecule has 0 heterocycles. The summed E-state index contributed by atoms with van der Waals surface area (Å²) < 4.78 is 5.09. The Morgan fingerprint density at radius 2 is 1.95 bits per heavy atom. The minimum Gasteiger partial charge on any atom is -0.497 e. The van der Waals surface area contributed by atoms with E-state index in [1.54, 1.807) is 7.11 Å². The zero-order valence-electron chi connectivity index (χ0n) is 11.9. The highest BCUT2D eigenvalue weighted by molar-refractivity contribution is 5.77. The maximum Gasteiger partial charge on any atom is 0.233 e. The highest BCUT2D eigenvalue weighted by Gasteiger charge is 2.00. The molecule has 1 aromatic carbocycles. The van der Waals surface area contributed by atoms with Gasteiger partial charge in [-0.2, -0.15) is 0 Å². The van der Waals surface area contributed by atoms with Crippen LogP contribution in [-0.2, 0) is 11.3 Å². The van der Waals surface area contributed by atoms with Crippen molar-refractivity contribution in [2.45, 2.75) is 32.7 Å². The second-order valence-electron chi connectivity index (χ2n) is 4.51. The third-order valence-electron chi connectivity index (χ3n) is 2.88. The molecule has 1 aromatic rings. The fourth-order valence-electron chi connectivity index (χ4n) is 1.73. The lowest BCUT2D eigenvalue weighted by molar-refractivity contribution is -0.120. The lowest BCUT2D eigenvalue weighted by atomic mass is 10.2. The zero-order chi connectivity index (χ0) is 13.9. The predicted molar refractivity (Wildman–Crippen MR) is 77.2 cm³/mol. The minimum absolute atomic E-state index is 0.0598. The molecule has 0 bridgehead atoms. The number of ether oxygens (including phenoxy) is 1. The number of nitrogens with one attached hydrogen (secondary N) is 2. The van der Waals surface area contributed by atoms with Gasteiger partial charge in [-0.3, -0.25) is 4.79 Å². The summed E-state index contributed by atoms with van der Waals surface area (Å²) in [5, 5.41) is 6.03. The van der Waals surface area contributed by atoms with Gasteiger partial charge in [0.15, 0.2) is 0 Å². The van der Waals surface area contributed by atoms with Crippen LogP contribution in [0.25, 0.3) is 0 Å². The average molecular weight is 264 g/mol. The van der Waals surface area contributed by atoms with Crippen molar-refractivity contribution in [3.63, 3.8) is 0 Å². The number of hydrogen-bond donors (Lipinski definition) is 2. The van der Waals surface area contributed by atoms with Crippen LogP contribution in [0, 0.1) is 0 Å². The van der Waals surface area contributed by atoms with E-state index in [9.17, 15) is 4.79 Å². The van der Waals surface area contributed by atoms with Crippen molar-refractivity contribution >= 4 is 5.91 Å². The smallest absolute Gasteiger partial charge is 0.233 e. The number of benzene rings is 1. The first-order valence-electron chi connectivity index (χ1n) is 6.86. The second-order valence-corrected chi connectivity index (χ2v) is 4.51. The summed E-state index contributed by atoms with van der Waals surface area (Å²) in [4.78, 5) is 11.5. The predicted octanol–water partition coefficient (Wildman–Crippen LogP) is 2.09. The van der Waals surface area contributed by atoms with Gasteiger partial charge in [-0.15, -0.1) is 0 Å². The molecule has 1 rings (SSSR count). The lowest BCUT2D eigenvalue weighted by Gasteiger charge is -2.07. The topological polar surface area (TPSA) is 50.4 Å². The van der Waals surface area contributed by atoms with Crippen LogP contribution in [0.5, 0.6) is 5.75 Å². The van der Waals surface area contributed by atoms with Crippen LogP contribution in [0.2, 0.25) is 0 Å². The molecular weight excluding hydrogens is 240 g/mol. The van der Waals surface area contributed by atoms with Crippen LogP contribution in [-0.4, -0.2) is 26.1 Å². The Hall–Kier alpha value is -1.55. The van der Waals surface area contributed by atoms with Crippen molar-refractivity contribution in [1.82, 2.24) is 10.6 Å². The number of carbonyl (C=O) groups excluding carboxylic acids is 1. The van der Waals surface area contributed by atoms with E-state index in [1.807, 2.05) is 24.3 Å². The van der Waals surface area contributed by atoms with Crippen molar-refractivity contribution in [2.24, 2.45) is 0 Å². The highest BCUT2D eigenvalue weighted by atomic mass is 16.5. The third-order valence-corrected chi connectivity index (χ3v) is 2.88. The van der Waals surface area contributed by atoms with Crippen LogP contribution in [0.3, 0.4) is 0 Å². The zero-order valence-corrected chi connectivity index (χ0v) is 11.9. The summed E-state index contributed by atoms with van der Waals surface area (Å²) in [6, 6.07) is 7.82. The first-order valence-corrected chi connectivity index (χ1v) is 6.86. The molecule has 19 heavy (non-hydrogen) atoms. The van der Waals surface area contributed by atoms with Gasteiger partial charge in [-0.1, -0.05) is 31.9 Å². The summed E-state index contributed by atoms with van der Waals surface area (Å²) in [6.07, 6.45) is 3.39. The molecule has 0 atom stereocenters. The Morgan fingerprint density at radius 1 is 1.21 bits per heavy atom. The van der Waals surface area contributed by atoms with Crippen LogP contribution < -0.4 is 15.4 Å². The van der Waals surface area contributed by atoms with Crippen molar-refractivity contribution < 1.29 is 9.53 Å². The number of unbranched alkanes of at least 4 members (excludes halogenated alkanes) is 2. The largest absolute Gasteiger partial charge is 0.497 e. The first kappa shape index (κ1) is 15.5. The lowest BCUT2D eigenvalue weighted by Crippen LogP contribution is -2.34. The molecule has 4 heteroatoms. The fraction of sp³-hybridized carbons (Fsp3) is 0.533. The van der Waals surface area contributed by atoms with Gasteiger partial charge in [-0.25, -0.2) is 0 Å².